The van der Waals surface area contributed by atoms with Gasteiger partial charge in [-0.1, -0.05) is 13.8 Å². The van der Waals surface area contributed by atoms with Crippen LogP contribution in [0.25, 0.3) is 0 Å². The zero-order valence-corrected chi connectivity index (χ0v) is 28.5. The van der Waals surface area contributed by atoms with Crippen molar-refractivity contribution in [1.82, 2.24) is 4.90 Å². The topological polar surface area (TPSA) is 179 Å². The molecule has 6 unspecified atom stereocenters. The van der Waals surface area contributed by atoms with Gasteiger partial charge < -0.3 is 49.6 Å². The predicted octanol–water partition coefficient (Wildman–Crippen LogP) is 1.21. The van der Waals surface area contributed by atoms with Crippen LogP contribution in [0.3, 0.4) is 0 Å². The van der Waals surface area contributed by atoms with Crippen LogP contribution in [0.2, 0.25) is 0 Å². The number of piperidine rings is 2. The third kappa shape index (κ3) is 3.76. The van der Waals surface area contributed by atoms with Crippen LogP contribution in [0.5, 0.6) is 11.5 Å². The van der Waals surface area contributed by atoms with Crippen LogP contribution in [-0.2, 0) is 9.47 Å². The Balaban J connectivity index is 1.20. The Morgan fingerprint density at radius 1 is 0.917 bits per heavy atom. The molecule has 48 heavy (non-hydrogen) atoms. The Hall–Kier alpha value is -2.03. The molecule has 4 bridgehead atoms. The van der Waals surface area contributed by atoms with Gasteiger partial charge in [0.25, 0.3) is 0 Å². The summed E-state index contributed by atoms with van der Waals surface area (Å²) in [5.41, 5.74) is -8.40. The van der Waals surface area contributed by atoms with E-state index >= 15 is 0 Å². The van der Waals surface area contributed by atoms with Gasteiger partial charge in [0.2, 0.25) is 5.79 Å². The second-order valence-corrected chi connectivity index (χ2v) is 16.7. The highest BCUT2D eigenvalue weighted by Crippen LogP contribution is 2.75. The highest BCUT2D eigenvalue weighted by atomic mass is 16.7. The van der Waals surface area contributed by atoms with E-state index in [2.05, 4.69) is 18.7 Å². The van der Waals surface area contributed by atoms with Crippen molar-refractivity contribution in [2.45, 2.75) is 118 Å². The van der Waals surface area contributed by atoms with Crippen LogP contribution >= 0.6 is 0 Å². The maximum Gasteiger partial charge on any atom is 0.338 e. The summed E-state index contributed by atoms with van der Waals surface area (Å²) in [6.45, 7) is 6.49. The van der Waals surface area contributed by atoms with Crippen molar-refractivity contribution in [3.8, 4) is 11.5 Å². The fourth-order valence-electron chi connectivity index (χ4n) is 12.6. The summed E-state index contributed by atoms with van der Waals surface area (Å²) < 4.78 is 23.4. The van der Waals surface area contributed by atoms with Crippen LogP contribution in [0, 0.1) is 35.0 Å². The van der Waals surface area contributed by atoms with Gasteiger partial charge in [-0.25, -0.2) is 4.79 Å². The molecular weight excluding hydrogens is 622 g/mol. The molecule has 8 rings (SSSR count). The Labute approximate surface area is 280 Å². The first-order valence-electron chi connectivity index (χ1n) is 17.7. The average molecular weight is 674 g/mol. The fraction of sp³-hybridized carbons (Fsp3) is 0.806. The molecule has 1 aromatic rings. The Morgan fingerprint density at radius 3 is 2.35 bits per heavy atom. The second kappa shape index (κ2) is 10.3. The summed E-state index contributed by atoms with van der Waals surface area (Å²) in [5.74, 6) is -4.11. The largest absolute Gasteiger partial charge is 0.493 e. The minimum absolute atomic E-state index is 0.132. The number of fused-ring (bicyclic) bond motifs is 6. The maximum absolute atomic E-state index is 13.6. The second-order valence-electron chi connectivity index (χ2n) is 16.7. The SMILES string of the molecule is COc1ccc(C(=O)OC2CC[C@]3(C)C4C5CCC3C2(O)OC4[C@@]2(O)[C@@H]3CN4C[C@@H](C)CC[C@H]4[C@@](C)(O)[C@@]3(O)[C@@H](O)C[C@@]52O)cc1OC. The van der Waals surface area contributed by atoms with E-state index in [1.54, 1.807) is 12.1 Å². The molecule has 3 heterocycles. The van der Waals surface area contributed by atoms with Crippen LogP contribution in [0.15, 0.2) is 18.2 Å². The summed E-state index contributed by atoms with van der Waals surface area (Å²) in [6, 6.07) is 4.23. The Bertz CT molecular complexity index is 1510. The van der Waals surface area contributed by atoms with E-state index in [9.17, 15) is 35.4 Å². The highest BCUT2D eigenvalue weighted by Gasteiger charge is 2.87. The Kier molecular flexibility index (Phi) is 7.10. The van der Waals surface area contributed by atoms with E-state index in [1.807, 2.05) is 0 Å². The third-order valence-electron chi connectivity index (χ3n) is 14.8. The molecule has 1 aromatic carbocycles. The summed E-state index contributed by atoms with van der Waals surface area (Å²) in [7, 11) is 2.97. The first kappa shape index (κ1) is 33.1. The zero-order valence-electron chi connectivity index (χ0n) is 28.5. The van der Waals surface area contributed by atoms with Gasteiger partial charge in [-0.2, -0.15) is 0 Å². The van der Waals surface area contributed by atoms with Crippen LogP contribution < -0.4 is 9.47 Å². The highest BCUT2D eigenvalue weighted by molar-refractivity contribution is 5.90. The summed E-state index contributed by atoms with van der Waals surface area (Å²) in [6.07, 6.45) is -0.893. The first-order chi connectivity index (χ1) is 22.5. The predicted molar refractivity (Wildman–Crippen MR) is 169 cm³/mol. The van der Waals surface area contributed by atoms with Crippen molar-refractivity contribution in [3.05, 3.63) is 23.8 Å². The minimum atomic E-state index is -2.17. The van der Waals surface area contributed by atoms with Gasteiger partial charge in [-0.3, -0.25) is 4.90 Å². The van der Waals surface area contributed by atoms with E-state index < -0.39 is 87.6 Å². The summed E-state index contributed by atoms with van der Waals surface area (Å²) >= 11 is 0. The number of carbonyl (C=O) groups excluding carboxylic acids is 1. The molecular formula is C36H51NO11. The van der Waals surface area contributed by atoms with Gasteiger partial charge in [0.1, 0.15) is 22.4 Å². The van der Waals surface area contributed by atoms with E-state index in [0.29, 0.717) is 56.1 Å². The number of methoxy groups -OCH3 is 2. The lowest BCUT2D eigenvalue weighted by atomic mass is 9.48. The van der Waals surface area contributed by atoms with Crippen LogP contribution in [-0.4, -0.2) is 121 Å². The average Bonchev–Trinajstić information content (AvgIpc) is 3.24. The summed E-state index contributed by atoms with van der Waals surface area (Å²) in [5, 5.41) is 75.3. The standard InChI is InChI=1S/C36H51NO11/c1-18-6-11-25-32(3,40)34(42)24(17-37(25)16-18)35(43)29-28-20(33(35,41)15-26(34)38)8-10-23-31(28,2)13-12-27(36(23,44)48-29)47-30(39)19-7-9-21(45-4)22(14-19)46-5/h7,9,14,18,20,23-29,38,40-44H,6,8,10-13,15-17H2,1-5H3/t18-,20?,23?,24+,25-,26-,27?,28?,29?,31-,32+,33+,34-,35-,36?/m0/s1. The number of rotatable bonds is 4. The normalized spacial score (nSPS) is 53.6. The monoisotopic (exact) mass is 673 g/mol. The van der Waals surface area contributed by atoms with Gasteiger partial charge in [0, 0.05) is 37.4 Å². The number of ether oxygens (including phenoxy) is 4. The number of esters is 1. The lowest BCUT2D eigenvalue weighted by Gasteiger charge is -2.69. The lowest BCUT2D eigenvalue weighted by Crippen LogP contribution is -2.87. The molecule has 6 N–H and O–H groups in total. The van der Waals surface area contributed by atoms with Gasteiger partial charge in [0.05, 0.1) is 32.0 Å². The zero-order chi connectivity index (χ0) is 34.4. The molecule has 4 aliphatic carbocycles. The lowest BCUT2D eigenvalue weighted by molar-refractivity contribution is -0.415. The molecule has 0 radical (unpaired) electrons. The molecule has 3 aliphatic heterocycles. The van der Waals surface area contributed by atoms with Crippen molar-refractivity contribution in [1.29, 1.82) is 0 Å². The Morgan fingerprint density at radius 2 is 1.65 bits per heavy atom. The van der Waals surface area contributed by atoms with E-state index in [-0.39, 0.29) is 18.5 Å². The van der Waals surface area contributed by atoms with E-state index in [0.717, 1.165) is 6.42 Å². The van der Waals surface area contributed by atoms with Crippen LogP contribution in [0.1, 0.15) is 76.1 Å². The minimum Gasteiger partial charge on any atom is -0.493 e. The molecule has 7 aliphatic rings. The third-order valence-corrected chi connectivity index (χ3v) is 14.8. The number of aliphatic hydroxyl groups excluding tert-OH is 1. The molecule has 12 nitrogen and oxygen atoms in total. The number of carbonyl (C=O) groups is 1. The molecule has 7 fully saturated rings. The molecule has 15 atom stereocenters. The van der Waals surface area contributed by atoms with Gasteiger partial charge in [0.15, 0.2) is 17.6 Å². The molecule has 12 heteroatoms. The van der Waals surface area contributed by atoms with Crippen molar-refractivity contribution in [2.75, 3.05) is 27.3 Å². The van der Waals surface area contributed by atoms with Crippen molar-refractivity contribution in [3.63, 3.8) is 0 Å². The van der Waals surface area contributed by atoms with E-state index in [4.69, 9.17) is 18.9 Å². The van der Waals surface area contributed by atoms with Crippen LogP contribution in [0.4, 0.5) is 0 Å². The smallest absolute Gasteiger partial charge is 0.338 e. The molecule has 0 aromatic heterocycles. The number of benzene rings is 1. The molecule has 266 valence electrons. The number of hydrogen-bond acceptors (Lipinski definition) is 12. The molecule has 3 saturated heterocycles. The molecule has 0 spiro atoms. The van der Waals surface area contributed by atoms with Gasteiger partial charge >= 0.3 is 5.97 Å². The van der Waals surface area contributed by atoms with Gasteiger partial charge in [-0.05, 0) is 86.8 Å². The molecule has 4 saturated carbocycles. The molecule has 0 amide bonds. The fourth-order valence-corrected chi connectivity index (χ4v) is 12.6. The number of aliphatic hydroxyl groups is 6. The van der Waals surface area contributed by atoms with Crippen molar-refractivity contribution in [2.24, 2.45) is 35.0 Å². The first-order valence-corrected chi connectivity index (χ1v) is 17.7. The van der Waals surface area contributed by atoms with E-state index in [1.165, 1.54) is 27.2 Å². The van der Waals surface area contributed by atoms with Crippen molar-refractivity contribution >= 4 is 5.97 Å². The summed E-state index contributed by atoms with van der Waals surface area (Å²) in [4.78, 5) is 15.7. The number of nitrogens with zero attached hydrogens (tertiary/aromatic N) is 1. The maximum atomic E-state index is 13.6. The van der Waals surface area contributed by atoms with Crippen molar-refractivity contribution < 1.29 is 54.4 Å². The number of hydrogen-bond donors (Lipinski definition) is 6. The quantitative estimate of drug-likeness (QED) is 0.252. The van der Waals surface area contributed by atoms with Gasteiger partial charge in [-0.15, -0.1) is 0 Å².